The van der Waals surface area contributed by atoms with Crippen molar-refractivity contribution in [3.8, 4) is 5.75 Å². The van der Waals surface area contributed by atoms with Gasteiger partial charge in [-0.3, -0.25) is 19.0 Å². The summed E-state index contributed by atoms with van der Waals surface area (Å²) < 4.78 is 7.94. The number of hydrogen-bond donors (Lipinski definition) is 0. The van der Waals surface area contributed by atoms with E-state index in [0.29, 0.717) is 25.3 Å². The molecule has 3 aliphatic rings. The third-order valence-electron chi connectivity index (χ3n) is 6.40. The highest BCUT2D eigenvalue weighted by Gasteiger charge is 2.47. The van der Waals surface area contributed by atoms with Gasteiger partial charge in [0.1, 0.15) is 11.6 Å². The summed E-state index contributed by atoms with van der Waals surface area (Å²) in [7, 11) is 1.60. The summed E-state index contributed by atoms with van der Waals surface area (Å²) in [4.78, 5) is 39.7. The van der Waals surface area contributed by atoms with Gasteiger partial charge in [0.15, 0.2) is 0 Å². The summed E-state index contributed by atoms with van der Waals surface area (Å²) in [5.41, 5.74) is -0.424. The van der Waals surface area contributed by atoms with Crippen LogP contribution in [-0.2, 0) is 24.3 Å². The topological polar surface area (TPSA) is 86.4 Å². The van der Waals surface area contributed by atoms with Gasteiger partial charge < -0.3 is 9.64 Å². The fourth-order valence-electron chi connectivity index (χ4n) is 4.60. The van der Waals surface area contributed by atoms with Crippen LogP contribution in [0.3, 0.4) is 0 Å². The van der Waals surface area contributed by atoms with Crippen LogP contribution in [0.5, 0.6) is 5.75 Å². The molecule has 1 saturated carbocycles. The normalized spacial score (nSPS) is 22.9. The number of rotatable bonds is 4. The molecule has 3 heterocycles. The molecule has 2 aromatic rings. The van der Waals surface area contributed by atoms with E-state index >= 15 is 0 Å². The zero-order valence-electron chi connectivity index (χ0n) is 16.5. The van der Waals surface area contributed by atoms with Crippen molar-refractivity contribution in [3.63, 3.8) is 0 Å². The van der Waals surface area contributed by atoms with Gasteiger partial charge in [-0.25, -0.2) is 4.68 Å². The third kappa shape index (κ3) is 3.16. The summed E-state index contributed by atoms with van der Waals surface area (Å²) in [5, 5.41) is 4.52. The lowest BCUT2D eigenvalue weighted by molar-refractivity contribution is -0.131. The zero-order chi connectivity index (χ0) is 20.2. The molecule has 1 aromatic carbocycles. The van der Waals surface area contributed by atoms with Crippen LogP contribution in [0.1, 0.15) is 30.7 Å². The van der Waals surface area contributed by atoms with Crippen molar-refractivity contribution in [2.75, 3.05) is 20.2 Å². The van der Waals surface area contributed by atoms with Crippen LogP contribution < -0.4 is 15.9 Å². The molecule has 29 heavy (non-hydrogen) atoms. The molecule has 1 saturated heterocycles. The summed E-state index contributed by atoms with van der Waals surface area (Å²) in [6.07, 6.45) is 3.46. The molecule has 2 aliphatic heterocycles. The van der Waals surface area contributed by atoms with Gasteiger partial charge in [0, 0.05) is 37.4 Å². The fourth-order valence-corrected chi connectivity index (χ4v) is 4.60. The van der Waals surface area contributed by atoms with Gasteiger partial charge in [0.2, 0.25) is 5.91 Å². The van der Waals surface area contributed by atoms with Gasteiger partial charge in [-0.05, 0) is 37.0 Å². The van der Waals surface area contributed by atoms with Crippen molar-refractivity contribution < 1.29 is 9.53 Å². The molecule has 152 valence electrons. The largest absolute Gasteiger partial charge is 0.497 e. The molecule has 0 unspecified atom stereocenters. The lowest BCUT2D eigenvalue weighted by Crippen LogP contribution is -2.43. The molecule has 1 atom stereocenters. The standard InChI is InChI=1S/C21H24N4O4/c1-29-16-6-2-14(3-7-16)11-25-20(28)19(27)24-13-21(10-17(24)22-25)8-9-23(12-21)18(26)15-4-5-15/h2-3,6-7,15H,4-5,8-13H2,1H3/t21-/m1/s1. The maximum Gasteiger partial charge on any atom is 0.332 e. The number of carbonyl (C=O) groups is 1. The van der Waals surface area contributed by atoms with Crippen molar-refractivity contribution in [1.29, 1.82) is 0 Å². The molecule has 1 aliphatic carbocycles. The second-order valence-corrected chi connectivity index (χ2v) is 8.58. The monoisotopic (exact) mass is 396 g/mol. The molecular weight excluding hydrogens is 372 g/mol. The summed E-state index contributed by atoms with van der Waals surface area (Å²) >= 11 is 0. The van der Waals surface area contributed by atoms with E-state index in [4.69, 9.17) is 4.74 Å². The number of benzene rings is 1. The number of methoxy groups -OCH3 is 1. The Bertz CT molecular complexity index is 1080. The zero-order valence-corrected chi connectivity index (χ0v) is 16.5. The molecule has 0 bridgehead atoms. The molecular formula is C21H24N4O4. The summed E-state index contributed by atoms with van der Waals surface area (Å²) in [5.74, 6) is 1.83. The van der Waals surface area contributed by atoms with Crippen LogP contribution in [0.15, 0.2) is 33.9 Å². The van der Waals surface area contributed by atoms with E-state index < -0.39 is 11.1 Å². The van der Waals surface area contributed by atoms with Crippen LogP contribution in [-0.4, -0.2) is 45.4 Å². The number of likely N-dealkylation sites (tertiary alicyclic amines) is 1. The molecule has 8 heteroatoms. The van der Waals surface area contributed by atoms with E-state index in [0.717, 1.165) is 37.1 Å². The number of nitrogens with zero attached hydrogens (tertiary/aromatic N) is 4. The minimum Gasteiger partial charge on any atom is -0.497 e. The maximum absolute atomic E-state index is 12.7. The van der Waals surface area contributed by atoms with E-state index in [2.05, 4.69) is 5.10 Å². The Kier molecular flexibility index (Phi) is 4.11. The Morgan fingerprint density at radius 2 is 1.93 bits per heavy atom. The van der Waals surface area contributed by atoms with E-state index in [9.17, 15) is 14.4 Å². The fraction of sp³-hybridized carbons (Fsp3) is 0.524. The number of hydrogen-bond acceptors (Lipinski definition) is 5. The van der Waals surface area contributed by atoms with E-state index in [-0.39, 0.29) is 23.8 Å². The minimum absolute atomic E-state index is 0.171. The molecule has 1 amide bonds. The van der Waals surface area contributed by atoms with E-state index in [1.807, 2.05) is 29.2 Å². The van der Waals surface area contributed by atoms with Crippen LogP contribution >= 0.6 is 0 Å². The molecule has 1 aromatic heterocycles. The number of ether oxygens (including phenoxy) is 1. The first-order chi connectivity index (χ1) is 14.0. The van der Waals surface area contributed by atoms with Gasteiger partial charge in [0.25, 0.3) is 0 Å². The Balaban J connectivity index is 1.39. The Labute approximate surface area is 167 Å². The highest BCUT2D eigenvalue weighted by molar-refractivity contribution is 5.81. The van der Waals surface area contributed by atoms with Gasteiger partial charge in [0.05, 0.1) is 13.7 Å². The summed E-state index contributed by atoms with van der Waals surface area (Å²) in [6.45, 7) is 2.10. The first-order valence-corrected chi connectivity index (χ1v) is 10.1. The maximum atomic E-state index is 12.7. The average Bonchev–Trinajstić information content (AvgIpc) is 3.41. The van der Waals surface area contributed by atoms with Crippen LogP contribution in [0.25, 0.3) is 0 Å². The first kappa shape index (κ1) is 18.1. The van der Waals surface area contributed by atoms with E-state index in [1.54, 1.807) is 7.11 Å². The van der Waals surface area contributed by atoms with Crippen LogP contribution in [0.2, 0.25) is 0 Å². The second-order valence-electron chi connectivity index (χ2n) is 8.58. The smallest absolute Gasteiger partial charge is 0.332 e. The van der Waals surface area contributed by atoms with Gasteiger partial charge >= 0.3 is 11.1 Å². The first-order valence-electron chi connectivity index (χ1n) is 10.1. The molecule has 1 spiro atoms. The quantitative estimate of drug-likeness (QED) is 0.708. The van der Waals surface area contributed by atoms with Crippen molar-refractivity contribution in [3.05, 3.63) is 56.4 Å². The predicted octanol–water partition coefficient (Wildman–Crippen LogP) is 0.647. The highest BCUT2D eigenvalue weighted by Crippen LogP contribution is 2.41. The number of aromatic nitrogens is 3. The second kappa shape index (κ2) is 6.57. The van der Waals surface area contributed by atoms with Crippen molar-refractivity contribution in [2.45, 2.75) is 38.8 Å². The van der Waals surface area contributed by atoms with Crippen molar-refractivity contribution >= 4 is 5.91 Å². The Morgan fingerprint density at radius 1 is 1.17 bits per heavy atom. The molecule has 0 radical (unpaired) electrons. The van der Waals surface area contributed by atoms with Crippen molar-refractivity contribution in [2.24, 2.45) is 11.3 Å². The lowest BCUT2D eigenvalue weighted by atomic mass is 9.86. The molecule has 2 fully saturated rings. The predicted molar refractivity (Wildman–Crippen MR) is 105 cm³/mol. The molecule has 0 N–H and O–H groups in total. The number of carbonyl (C=O) groups excluding carboxylic acids is 1. The Hall–Kier alpha value is -2.90. The third-order valence-corrected chi connectivity index (χ3v) is 6.40. The number of fused-ring (bicyclic) bond motifs is 1. The van der Waals surface area contributed by atoms with Crippen molar-refractivity contribution in [1.82, 2.24) is 19.2 Å². The van der Waals surface area contributed by atoms with Gasteiger partial charge in [-0.15, -0.1) is 0 Å². The van der Waals surface area contributed by atoms with Crippen LogP contribution in [0.4, 0.5) is 0 Å². The molecule has 5 rings (SSSR count). The molecule has 8 nitrogen and oxygen atoms in total. The number of amides is 1. The summed E-state index contributed by atoms with van der Waals surface area (Å²) in [6, 6.07) is 7.36. The SMILES string of the molecule is COc1ccc(Cn2nc3n(c(=O)c2=O)C[C@]2(CCN(C(=O)C4CC4)C2)C3)cc1. The minimum atomic E-state index is -0.606. The van der Waals surface area contributed by atoms with Gasteiger partial charge in [-0.1, -0.05) is 12.1 Å². The van der Waals surface area contributed by atoms with Crippen LogP contribution in [0, 0.1) is 11.3 Å². The van der Waals surface area contributed by atoms with E-state index in [1.165, 1.54) is 9.25 Å². The lowest BCUT2D eigenvalue weighted by Gasteiger charge is -2.22. The highest BCUT2D eigenvalue weighted by atomic mass is 16.5. The average molecular weight is 396 g/mol. The Morgan fingerprint density at radius 3 is 2.62 bits per heavy atom. The van der Waals surface area contributed by atoms with Gasteiger partial charge in [-0.2, -0.15) is 5.10 Å².